The van der Waals surface area contributed by atoms with Crippen molar-refractivity contribution >= 4 is 10.9 Å². The number of alkyl halides is 3. The van der Waals surface area contributed by atoms with Gasteiger partial charge in [-0.05, 0) is 66.1 Å². The van der Waals surface area contributed by atoms with Crippen molar-refractivity contribution in [2.24, 2.45) is 0 Å². The zero-order valence-electron chi connectivity index (χ0n) is 12.0. The molecule has 0 bridgehead atoms. The van der Waals surface area contributed by atoms with Gasteiger partial charge in [-0.1, -0.05) is 18.2 Å². The van der Waals surface area contributed by atoms with Crippen molar-refractivity contribution in [2.45, 2.75) is 25.4 Å². The van der Waals surface area contributed by atoms with Crippen LogP contribution in [0.25, 0.3) is 10.9 Å². The number of hydrogen-bond acceptors (Lipinski definition) is 0. The third-order valence-corrected chi connectivity index (χ3v) is 3.83. The van der Waals surface area contributed by atoms with E-state index in [-0.39, 0.29) is 0 Å². The second-order valence-corrected chi connectivity index (χ2v) is 5.45. The first-order valence-electron chi connectivity index (χ1n) is 7.24. The Morgan fingerprint density at radius 2 is 1.50 bits per heavy atom. The van der Waals surface area contributed by atoms with E-state index in [0.29, 0.717) is 0 Å². The maximum Gasteiger partial charge on any atom is 0.416 e. The van der Waals surface area contributed by atoms with E-state index >= 15 is 0 Å². The summed E-state index contributed by atoms with van der Waals surface area (Å²) in [6, 6.07) is 13.8. The van der Waals surface area contributed by atoms with Crippen LogP contribution < -0.4 is 0 Å². The van der Waals surface area contributed by atoms with Gasteiger partial charge in [-0.3, -0.25) is 0 Å². The normalized spacial score (nSPS) is 12.0. The second-order valence-electron chi connectivity index (χ2n) is 5.45. The molecule has 0 saturated heterocycles. The van der Waals surface area contributed by atoms with Gasteiger partial charge in [-0.25, -0.2) is 0 Å². The Labute approximate surface area is 126 Å². The van der Waals surface area contributed by atoms with E-state index in [1.54, 1.807) is 12.1 Å². The summed E-state index contributed by atoms with van der Waals surface area (Å²) in [5, 5.41) is 1.19. The van der Waals surface area contributed by atoms with E-state index in [4.69, 9.17) is 0 Å². The fourth-order valence-corrected chi connectivity index (χ4v) is 2.62. The van der Waals surface area contributed by atoms with Crippen LogP contribution in [0.4, 0.5) is 13.2 Å². The molecule has 1 heterocycles. The van der Waals surface area contributed by atoms with Crippen molar-refractivity contribution in [3.05, 3.63) is 71.4 Å². The molecule has 3 aromatic rings. The Bertz CT molecular complexity index is 754. The molecule has 0 saturated carbocycles. The lowest BCUT2D eigenvalue weighted by molar-refractivity contribution is -0.137. The molecule has 0 amide bonds. The summed E-state index contributed by atoms with van der Waals surface area (Å²) < 4.78 is 37.5. The Hall–Kier alpha value is -2.23. The van der Waals surface area contributed by atoms with Gasteiger partial charge in [0.1, 0.15) is 0 Å². The zero-order valence-corrected chi connectivity index (χ0v) is 12.0. The molecule has 0 fully saturated rings. The van der Waals surface area contributed by atoms with E-state index in [1.165, 1.54) is 10.9 Å². The number of hydrogen-bond donors (Lipinski definition) is 1. The highest BCUT2D eigenvalue weighted by Crippen LogP contribution is 2.29. The minimum atomic E-state index is -4.26. The van der Waals surface area contributed by atoms with Crippen molar-refractivity contribution in [1.29, 1.82) is 0 Å². The van der Waals surface area contributed by atoms with Crippen LogP contribution in [-0.2, 0) is 19.0 Å². The Morgan fingerprint density at radius 3 is 2.23 bits per heavy atom. The standard InChI is InChI=1S/C18H16F3N/c19-18(20,21)16-7-4-13(5-8-16)2-1-3-14-6-9-17-15(12-14)10-11-22-17/h4-12,22H,1-3H2. The van der Waals surface area contributed by atoms with Crippen molar-refractivity contribution in [1.82, 2.24) is 4.98 Å². The summed E-state index contributed by atoms with van der Waals surface area (Å²) in [6.07, 6.45) is 0.272. The zero-order chi connectivity index (χ0) is 15.6. The van der Waals surface area contributed by atoms with E-state index in [2.05, 4.69) is 23.2 Å². The number of rotatable bonds is 4. The monoisotopic (exact) mass is 303 g/mol. The lowest BCUT2D eigenvalue weighted by atomic mass is 10.0. The molecule has 22 heavy (non-hydrogen) atoms. The smallest absolute Gasteiger partial charge is 0.361 e. The second kappa shape index (κ2) is 5.87. The summed E-state index contributed by atoms with van der Waals surface area (Å²) in [7, 11) is 0. The summed E-state index contributed by atoms with van der Waals surface area (Å²) in [5.41, 5.74) is 2.72. The first-order chi connectivity index (χ1) is 10.5. The number of nitrogens with one attached hydrogen (secondary N) is 1. The Morgan fingerprint density at radius 1 is 0.818 bits per heavy atom. The van der Waals surface area contributed by atoms with Crippen LogP contribution in [0, 0.1) is 0 Å². The van der Waals surface area contributed by atoms with E-state index in [1.807, 2.05) is 12.3 Å². The van der Waals surface area contributed by atoms with Gasteiger partial charge in [0.05, 0.1) is 5.56 Å². The van der Waals surface area contributed by atoms with Gasteiger partial charge in [-0.15, -0.1) is 0 Å². The van der Waals surface area contributed by atoms with E-state index in [9.17, 15) is 13.2 Å². The molecule has 114 valence electrons. The average Bonchev–Trinajstić information content (AvgIpc) is 2.94. The lowest BCUT2D eigenvalue weighted by Crippen LogP contribution is -2.04. The summed E-state index contributed by atoms with van der Waals surface area (Å²) in [5.74, 6) is 0. The highest BCUT2D eigenvalue weighted by atomic mass is 19.4. The fourth-order valence-electron chi connectivity index (χ4n) is 2.62. The number of aromatic amines is 1. The number of benzene rings is 2. The van der Waals surface area contributed by atoms with Crippen molar-refractivity contribution < 1.29 is 13.2 Å². The molecule has 1 aromatic heterocycles. The Kier molecular flexibility index (Phi) is 3.92. The molecule has 0 radical (unpaired) electrons. The average molecular weight is 303 g/mol. The number of halogens is 3. The highest BCUT2D eigenvalue weighted by molar-refractivity contribution is 5.79. The topological polar surface area (TPSA) is 15.8 Å². The molecule has 0 atom stereocenters. The van der Waals surface area contributed by atoms with Gasteiger partial charge in [0.15, 0.2) is 0 Å². The van der Waals surface area contributed by atoms with Crippen LogP contribution in [0.15, 0.2) is 54.7 Å². The number of aromatic nitrogens is 1. The molecule has 1 N–H and O–H groups in total. The molecule has 0 aliphatic carbocycles. The minimum absolute atomic E-state index is 0.589. The van der Waals surface area contributed by atoms with Gasteiger partial charge in [0, 0.05) is 11.7 Å². The summed E-state index contributed by atoms with van der Waals surface area (Å²) >= 11 is 0. The highest BCUT2D eigenvalue weighted by Gasteiger charge is 2.29. The molecule has 0 aliphatic heterocycles. The summed E-state index contributed by atoms with van der Waals surface area (Å²) in [4.78, 5) is 3.15. The van der Waals surface area contributed by atoms with Crippen LogP contribution in [0.1, 0.15) is 23.1 Å². The molecule has 0 unspecified atom stereocenters. The van der Waals surface area contributed by atoms with Gasteiger partial charge < -0.3 is 4.98 Å². The largest absolute Gasteiger partial charge is 0.416 e. The van der Waals surface area contributed by atoms with Crippen LogP contribution in [-0.4, -0.2) is 4.98 Å². The number of H-pyrrole nitrogens is 1. The molecular formula is C18H16F3N. The molecule has 2 aromatic carbocycles. The summed E-state index contributed by atoms with van der Waals surface area (Å²) in [6.45, 7) is 0. The van der Waals surface area contributed by atoms with Gasteiger partial charge >= 0.3 is 6.18 Å². The molecular weight excluding hydrogens is 287 g/mol. The first-order valence-corrected chi connectivity index (χ1v) is 7.24. The van der Waals surface area contributed by atoms with Crippen LogP contribution in [0.3, 0.4) is 0 Å². The molecule has 3 rings (SSSR count). The third-order valence-electron chi connectivity index (χ3n) is 3.83. The molecule has 4 heteroatoms. The molecule has 0 aliphatic rings. The molecule has 0 spiro atoms. The fraction of sp³-hybridized carbons (Fsp3) is 0.222. The predicted molar refractivity (Wildman–Crippen MR) is 81.8 cm³/mol. The molecule has 1 nitrogen and oxygen atoms in total. The van der Waals surface area contributed by atoms with Crippen LogP contribution in [0.5, 0.6) is 0 Å². The minimum Gasteiger partial charge on any atom is -0.361 e. The van der Waals surface area contributed by atoms with Crippen LogP contribution >= 0.6 is 0 Å². The SMILES string of the molecule is FC(F)(F)c1ccc(CCCc2ccc3[nH]ccc3c2)cc1. The lowest BCUT2D eigenvalue weighted by Gasteiger charge is -2.07. The first kappa shape index (κ1) is 14.7. The van der Waals surface area contributed by atoms with Gasteiger partial charge in [0.25, 0.3) is 0 Å². The number of fused-ring (bicyclic) bond motifs is 1. The maximum atomic E-state index is 12.5. The van der Waals surface area contributed by atoms with Crippen molar-refractivity contribution in [3.8, 4) is 0 Å². The quantitative estimate of drug-likeness (QED) is 0.667. The van der Waals surface area contributed by atoms with Gasteiger partial charge in [-0.2, -0.15) is 13.2 Å². The number of aryl methyl sites for hydroxylation is 2. The predicted octanol–water partition coefficient (Wildman–Crippen LogP) is 5.36. The Balaban J connectivity index is 1.58. The van der Waals surface area contributed by atoms with E-state index in [0.717, 1.165) is 42.5 Å². The van der Waals surface area contributed by atoms with Gasteiger partial charge in [0.2, 0.25) is 0 Å². The van der Waals surface area contributed by atoms with Crippen molar-refractivity contribution in [3.63, 3.8) is 0 Å². The van der Waals surface area contributed by atoms with Crippen LogP contribution in [0.2, 0.25) is 0 Å². The van der Waals surface area contributed by atoms with Crippen molar-refractivity contribution in [2.75, 3.05) is 0 Å². The maximum absolute atomic E-state index is 12.5. The third kappa shape index (κ3) is 3.32. The van der Waals surface area contributed by atoms with E-state index < -0.39 is 11.7 Å².